The minimum absolute atomic E-state index is 0.552. The number of fused-ring (bicyclic) bond motifs is 7. The summed E-state index contributed by atoms with van der Waals surface area (Å²) in [7, 11) is 0. The van der Waals surface area contributed by atoms with Gasteiger partial charge in [-0.3, -0.25) is 4.57 Å². The number of hydrogen-bond donors (Lipinski definition) is 0. The number of nitrogens with zero attached hydrogens (tertiary/aromatic N) is 5. The van der Waals surface area contributed by atoms with Crippen molar-refractivity contribution < 1.29 is 4.42 Å². The summed E-state index contributed by atoms with van der Waals surface area (Å²) in [6.07, 6.45) is 0. The van der Waals surface area contributed by atoms with E-state index in [1.165, 1.54) is 30.9 Å². The highest BCUT2D eigenvalue weighted by Crippen LogP contribution is 2.37. The third-order valence-electron chi connectivity index (χ3n) is 9.93. The molecule has 11 aromatic rings. The molecule has 4 heterocycles. The summed E-state index contributed by atoms with van der Waals surface area (Å²) in [6, 6.07) is 57.0. The minimum Gasteiger partial charge on any atom is -0.423 e. The van der Waals surface area contributed by atoms with E-state index in [1.807, 2.05) is 48.5 Å². The first-order valence-corrected chi connectivity index (χ1v) is 18.3. The molecule has 0 N–H and O–H groups in total. The van der Waals surface area contributed by atoms with Crippen molar-refractivity contribution in [2.75, 3.05) is 0 Å². The van der Waals surface area contributed by atoms with Gasteiger partial charge in [0.15, 0.2) is 23.1 Å². The van der Waals surface area contributed by atoms with Gasteiger partial charge in [-0.25, -0.2) is 15.0 Å². The zero-order valence-corrected chi connectivity index (χ0v) is 29.0. The lowest BCUT2D eigenvalue weighted by Gasteiger charge is -2.09. The SMILES string of the molecule is c1ccc(-c2nc(-c3ccc(-c4ccc5nc(-n6c7ccccc7c7ccccc76)oc5c4)cc3)nc(-c3ccc4c(c3)sc3ccccc34)n2)cc1. The van der Waals surface area contributed by atoms with E-state index in [0.29, 0.717) is 23.5 Å². The standard InChI is InChI=1S/C46H27N5OS/c1-2-10-29(11-3-1)43-48-44(50-45(49-43)32-22-24-36-35-14-6-9-17-41(35)53-42(36)27-32)30-20-18-28(19-21-30)31-23-25-37-40(26-31)52-46(47-37)51-38-15-7-4-12-33(38)34-13-5-8-16-39(34)51/h1-27H. The number of hydrogen-bond acceptors (Lipinski definition) is 6. The van der Waals surface area contributed by atoms with Crippen LogP contribution < -0.4 is 0 Å². The molecule has 53 heavy (non-hydrogen) atoms. The van der Waals surface area contributed by atoms with Crippen LogP contribution in [0.3, 0.4) is 0 Å². The van der Waals surface area contributed by atoms with Gasteiger partial charge in [-0.1, -0.05) is 127 Å². The molecule has 0 saturated heterocycles. The smallest absolute Gasteiger partial charge is 0.307 e. The maximum Gasteiger partial charge on any atom is 0.307 e. The van der Waals surface area contributed by atoms with Crippen LogP contribution in [-0.2, 0) is 0 Å². The third kappa shape index (κ3) is 4.93. The van der Waals surface area contributed by atoms with Crippen molar-refractivity contribution in [2.24, 2.45) is 0 Å². The number of oxazole rings is 1. The Morgan fingerprint density at radius 2 is 0.943 bits per heavy atom. The van der Waals surface area contributed by atoms with Crippen LogP contribution in [0.4, 0.5) is 0 Å². The Hall–Kier alpha value is -6.96. The number of aromatic nitrogens is 5. The lowest BCUT2D eigenvalue weighted by Crippen LogP contribution is -2.00. The molecular formula is C46H27N5OS. The van der Waals surface area contributed by atoms with E-state index in [4.69, 9.17) is 24.4 Å². The second-order valence-electron chi connectivity index (χ2n) is 13.1. The summed E-state index contributed by atoms with van der Waals surface area (Å²) in [6.45, 7) is 0. The Bertz CT molecular complexity index is 3120. The van der Waals surface area contributed by atoms with Gasteiger partial charge in [0.25, 0.3) is 0 Å². The van der Waals surface area contributed by atoms with Crippen molar-refractivity contribution in [1.29, 1.82) is 0 Å². The maximum atomic E-state index is 6.46. The zero-order valence-electron chi connectivity index (χ0n) is 28.1. The average Bonchev–Trinajstić information content (AvgIpc) is 3.92. The fraction of sp³-hybridized carbons (Fsp3) is 0. The number of rotatable bonds is 5. The molecule has 0 amide bonds. The quantitative estimate of drug-likeness (QED) is 0.179. The van der Waals surface area contributed by atoms with Crippen molar-refractivity contribution in [3.63, 3.8) is 0 Å². The first kappa shape index (κ1) is 29.7. The Kier molecular flexibility index (Phi) is 6.62. The molecule has 0 unspecified atom stereocenters. The number of thiophene rings is 1. The van der Waals surface area contributed by atoms with E-state index in [0.717, 1.165) is 50.0 Å². The molecule has 0 bridgehead atoms. The summed E-state index contributed by atoms with van der Waals surface area (Å²) >= 11 is 1.79. The molecule has 0 saturated carbocycles. The molecule has 248 valence electrons. The monoisotopic (exact) mass is 697 g/mol. The van der Waals surface area contributed by atoms with Gasteiger partial charge in [0, 0.05) is 47.6 Å². The van der Waals surface area contributed by atoms with E-state index >= 15 is 0 Å². The third-order valence-corrected chi connectivity index (χ3v) is 11.1. The van der Waals surface area contributed by atoms with Gasteiger partial charge in [0.2, 0.25) is 0 Å². The predicted molar refractivity (Wildman–Crippen MR) is 216 cm³/mol. The molecule has 7 aromatic carbocycles. The second-order valence-corrected chi connectivity index (χ2v) is 14.2. The van der Waals surface area contributed by atoms with E-state index in [1.54, 1.807) is 11.3 Å². The van der Waals surface area contributed by atoms with Gasteiger partial charge in [-0.2, -0.15) is 4.98 Å². The Balaban J connectivity index is 0.968. The summed E-state index contributed by atoms with van der Waals surface area (Å²) < 4.78 is 11.0. The molecule has 0 aliphatic heterocycles. The molecule has 0 spiro atoms. The van der Waals surface area contributed by atoms with Crippen molar-refractivity contribution in [3.8, 4) is 51.3 Å². The molecule has 0 fully saturated rings. The van der Waals surface area contributed by atoms with E-state index in [9.17, 15) is 0 Å². The normalized spacial score (nSPS) is 11.8. The van der Waals surface area contributed by atoms with Crippen LogP contribution in [0, 0.1) is 0 Å². The summed E-state index contributed by atoms with van der Waals surface area (Å²) in [5.74, 6) is 1.91. The maximum absolute atomic E-state index is 6.46. The van der Waals surface area contributed by atoms with Crippen molar-refractivity contribution in [2.45, 2.75) is 0 Å². The van der Waals surface area contributed by atoms with Crippen molar-refractivity contribution >= 4 is 64.4 Å². The molecule has 6 nitrogen and oxygen atoms in total. The lowest BCUT2D eigenvalue weighted by molar-refractivity contribution is 0.574. The summed E-state index contributed by atoms with van der Waals surface area (Å²) in [5, 5.41) is 4.86. The molecule has 0 aliphatic carbocycles. The molecule has 7 heteroatoms. The fourth-order valence-corrected chi connectivity index (χ4v) is 8.49. The highest BCUT2D eigenvalue weighted by atomic mass is 32.1. The van der Waals surface area contributed by atoms with Crippen LogP contribution in [0.15, 0.2) is 168 Å². The Morgan fingerprint density at radius 1 is 0.396 bits per heavy atom. The molecule has 0 radical (unpaired) electrons. The van der Waals surface area contributed by atoms with Gasteiger partial charge in [-0.05, 0) is 47.5 Å². The largest absolute Gasteiger partial charge is 0.423 e. The van der Waals surface area contributed by atoms with Crippen molar-refractivity contribution in [1.82, 2.24) is 24.5 Å². The van der Waals surface area contributed by atoms with Crippen molar-refractivity contribution in [3.05, 3.63) is 164 Å². The summed E-state index contributed by atoms with van der Waals surface area (Å²) in [5.41, 5.74) is 8.56. The van der Waals surface area contributed by atoms with E-state index < -0.39 is 0 Å². The zero-order chi connectivity index (χ0) is 34.9. The molecule has 4 aromatic heterocycles. The summed E-state index contributed by atoms with van der Waals surface area (Å²) in [4.78, 5) is 19.9. The van der Waals surface area contributed by atoms with E-state index in [2.05, 4.69) is 120 Å². The van der Waals surface area contributed by atoms with Gasteiger partial charge in [0.1, 0.15) is 5.52 Å². The van der Waals surface area contributed by atoms with Gasteiger partial charge < -0.3 is 4.42 Å². The number of benzene rings is 7. The van der Waals surface area contributed by atoms with Gasteiger partial charge in [0.05, 0.1) is 11.0 Å². The second kappa shape index (κ2) is 11.8. The Labute approximate surface area is 307 Å². The average molecular weight is 698 g/mol. The molecule has 0 atom stereocenters. The highest BCUT2D eigenvalue weighted by Gasteiger charge is 2.18. The number of para-hydroxylation sites is 2. The van der Waals surface area contributed by atoms with Crippen LogP contribution in [0.5, 0.6) is 0 Å². The highest BCUT2D eigenvalue weighted by molar-refractivity contribution is 7.25. The van der Waals surface area contributed by atoms with Crippen LogP contribution >= 0.6 is 11.3 Å². The molecular weight excluding hydrogens is 671 g/mol. The molecule has 11 rings (SSSR count). The minimum atomic E-state index is 0.552. The lowest BCUT2D eigenvalue weighted by atomic mass is 10.0. The predicted octanol–water partition coefficient (Wildman–Crippen LogP) is 12.1. The van der Waals surface area contributed by atoms with Gasteiger partial charge in [-0.15, -0.1) is 11.3 Å². The van der Waals surface area contributed by atoms with Crippen LogP contribution in [-0.4, -0.2) is 24.5 Å². The van der Waals surface area contributed by atoms with E-state index in [-0.39, 0.29) is 0 Å². The van der Waals surface area contributed by atoms with Crippen LogP contribution in [0.2, 0.25) is 0 Å². The Morgan fingerprint density at radius 3 is 1.68 bits per heavy atom. The van der Waals surface area contributed by atoms with Crippen LogP contribution in [0.1, 0.15) is 0 Å². The topological polar surface area (TPSA) is 69.6 Å². The fourth-order valence-electron chi connectivity index (χ4n) is 7.34. The van der Waals surface area contributed by atoms with Gasteiger partial charge >= 0.3 is 6.01 Å². The first-order chi connectivity index (χ1) is 26.2. The first-order valence-electron chi connectivity index (χ1n) is 17.5. The van der Waals surface area contributed by atoms with Crippen LogP contribution in [0.25, 0.3) is 104 Å². The molecule has 0 aliphatic rings.